The zero-order valence-corrected chi connectivity index (χ0v) is 8.01. The van der Waals surface area contributed by atoms with E-state index in [1.165, 1.54) is 6.42 Å². The lowest BCUT2D eigenvalue weighted by atomic mass is 10.4. The first-order valence-electron chi connectivity index (χ1n) is 4.26. The summed E-state index contributed by atoms with van der Waals surface area (Å²) in [5.41, 5.74) is 0. The van der Waals surface area contributed by atoms with Crippen LogP contribution in [0, 0.1) is 0 Å². The second-order valence-corrected chi connectivity index (χ2v) is 3.80. The Morgan fingerprint density at radius 3 is 3.31 bits per heavy atom. The molecule has 0 spiro atoms. The third kappa shape index (κ3) is 2.48. The van der Waals surface area contributed by atoms with Crippen molar-refractivity contribution < 1.29 is 4.52 Å². The van der Waals surface area contributed by atoms with Crippen molar-refractivity contribution in [3.8, 4) is 0 Å². The SMILES string of the molecule is c1cc(CNC2=NCCCS2)on1. The second kappa shape index (κ2) is 4.32. The van der Waals surface area contributed by atoms with Crippen LogP contribution < -0.4 is 5.32 Å². The lowest BCUT2D eigenvalue weighted by Crippen LogP contribution is -2.22. The number of rotatable bonds is 2. The van der Waals surface area contributed by atoms with Gasteiger partial charge in [-0.1, -0.05) is 16.9 Å². The van der Waals surface area contributed by atoms with Crippen molar-refractivity contribution in [1.82, 2.24) is 10.5 Å². The van der Waals surface area contributed by atoms with Crippen molar-refractivity contribution in [2.45, 2.75) is 13.0 Å². The van der Waals surface area contributed by atoms with E-state index in [2.05, 4.69) is 15.5 Å². The van der Waals surface area contributed by atoms with Gasteiger partial charge in [0.1, 0.15) is 0 Å². The van der Waals surface area contributed by atoms with Crippen LogP contribution in [0.3, 0.4) is 0 Å². The van der Waals surface area contributed by atoms with Crippen molar-refractivity contribution >= 4 is 16.9 Å². The lowest BCUT2D eigenvalue weighted by Gasteiger charge is -2.11. The van der Waals surface area contributed by atoms with Gasteiger partial charge in [-0.05, 0) is 6.42 Å². The Kier molecular flexibility index (Phi) is 2.86. The summed E-state index contributed by atoms with van der Waals surface area (Å²) in [6.45, 7) is 1.61. The third-order valence-corrected chi connectivity index (χ3v) is 2.74. The smallest absolute Gasteiger partial charge is 0.156 e. The van der Waals surface area contributed by atoms with E-state index in [9.17, 15) is 0 Å². The topological polar surface area (TPSA) is 50.4 Å². The zero-order chi connectivity index (χ0) is 8.93. The van der Waals surface area contributed by atoms with Gasteiger partial charge in [0.05, 0.1) is 12.7 Å². The molecule has 4 nitrogen and oxygen atoms in total. The molecule has 0 unspecified atom stereocenters. The summed E-state index contributed by atoms with van der Waals surface area (Å²) >= 11 is 1.76. The molecule has 1 N–H and O–H groups in total. The Labute approximate surface area is 80.8 Å². The number of hydrogen-bond donors (Lipinski definition) is 1. The Balaban J connectivity index is 1.82. The van der Waals surface area contributed by atoms with Gasteiger partial charge in [-0.15, -0.1) is 0 Å². The van der Waals surface area contributed by atoms with Crippen molar-refractivity contribution in [1.29, 1.82) is 0 Å². The second-order valence-electron chi connectivity index (χ2n) is 2.72. The zero-order valence-electron chi connectivity index (χ0n) is 7.19. The Hall–Kier alpha value is -0.970. The fraction of sp³-hybridized carbons (Fsp3) is 0.500. The Morgan fingerprint density at radius 2 is 2.62 bits per heavy atom. The summed E-state index contributed by atoms with van der Waals surface area (Å²) in [5, 5.41) is 7.84. The molecule has 0 saturated heterocycles. The molecule has 5 heteroatoms. The van der Waals surface area contributed by atoms with Gasteiger partial charge in [0, 0.05) is 18.4 Å². The molecule has 0 bridgehead atoms. The van der Waals surface area contributed by atoms with E-state index < -0.39 is 0 Å². The molecular weight excluding hydrogens is 186 g/mol. The van der Waals surface area contributed by atoms with E-state index >= 15 is 0 Å². The molecule has 0 atom stereocenters. The van der Waals surface area contributed by atoms with Crippen molar-refractivity contribution in [2.24, 2.45) is 4.99 Å². The van der Waals surface area contributed by atoms with Gasteiger partial charge in [0.15, 0.2) is 10.9 Å². The van der Waals surface area contributed by atoms with E-state index in [-0.39, 0.29) is 0 Å². The van der Waals surface area contributed by atoms with Gasteiger partial charge in [-0.3, -0.25) is 4.99 Å². The van der Waals surface area contributed by atoms with Crippen LogP contribution in [0.1, 0.15) is 12.2 Å². The molecule has 70 valence electrons. The summed E-state index contributed by atoms with van der Waals surface area (Å²) in [4.78, 5) is 4.34. The molecule has 1 aromatic rings. The predicted octanol–water partition coefficient (Wildman–Crippen LogP) is 1.26. The maximum absolute atomic E-state index is 4.95. The first-order valence-corrected chi connectivity index (χ1v) is 5.24. The molecule has 1 aliphatic heterocycles. The molecule has 1 aromatic heterocycles. The highest BCUT2D eigenvalue weighted by molar-refractivity contribution is 8.13. The number of hydrogen-bond acceptors (Lipinski definition) is 5. The average Bonchev–Trinajstić information content (AvgIpc) is 2.69. The third-order valence-electron chi connectivity index (χ3n) is 1.70. The van der Waals surface area contributed by atoms with Crippen LogP contribution in [-0.4, -0.2) is 22.6 Å². The molecule has 0 radical (unpaired) electrons. The molecular formula is C8H11N3OS. The molecule has 1 aliphatic rings. The summed E-state index contributed by atoms with van der Waals surface area (Å²) < 4.78 is 4.95. The predicted molar refractivity (Wildman–Crippen MR) is 52.7 cm³/mol. The van der Waals surface area contributed by atoms with Gasteiger partial charge < -0.3 is 9.84 Å². The van der Waals surface area contributed by atoms with Crippen LogP contribution in [0.15, 0.2) is 21.8 Å². The van der Waals surface area contributed by atoms with Gasteiger partial charge in [0.2, 0.25) is 0 Å². The van der Waals surface area contributed by atoms with Crippen LogP contribution in [0.4, 0.5) is 0 Å². The largest absolute Gasteiger partial charge is 0.360 e. The van der Waals surface area contributed by atoms with E-state index in [0.29, 0.717) is 6.54 Å². The number of aliphatic imine (C=N–C) groups is 1. The highest BCUT2D eigenvalue weighted by atomic mass is 32.2. The highest BCUT2D eigenvalue weighted by Gasteiger charge is 2.05. The Bertz CT molecular complexity index is 284. The minimum atomic E-state index is 0.672. The van der Waals surface area contributed by atoms with E-state index in [0.717, 1.165) is 23.2 Å². The molecule has 0 aromatic carbocycles. The first-order chi connectivity index (χ1) is 6.45. The normalized spacial score (nSPS) is 16.8. The highest BCUT2D eigenvalue weighted by Crippen LogP contribution is 2.10. The van der Waals surface area contributed by atoms with Crippen LogP contribution in [0.25, 0.3) is 0 Å². The number of thioether (sulfide) groups is 1. The summed E-state index contributed by atoms with van der Waals surface area (Å²) in [6.07, 6.45) is 2.82. The molecule has 0 fully saturated rings. The first kappa shape index (κ1) is 8.62. The average molecular weight is 197 g/mol. The van der Waals surface area contributed by atoms with E-state index in [4.69, 9.17) is 4.52 Å². The van der Waals surface area contributed by atoms with E-state index in [1.54, 1.807) is 18.0 Å². The van der Waals surface area contributed by atoms with Crippen molar-refractivity contribution in [3.05, 3.63) is 18.0 Å². The fourth-order valence-corrected chi connectivity index (χ4v) is 1.89. The van der Waals surface area contributed by atoms with Gasteiger partial charge >= 0.3 is 0 Å². The van der Waals surface area contributed by atoms with Crippen molar-refractivity contribution in [2.75, 3.05) is 12.3 Å². The fourth-order valence-electron chi connectivity index (χ4n) is 1.06. The van der Waals surface area contributed by atoms with Crippen molar-refractivity contribution in [3.63, 3.8) is 0 Å². The summed E-state index contributed by atoms with van der Waals surface area (Å²) in [5.74, 6) is 2.00. The van der Waals surface area contributed by atoms with Crippen LogP contribution >= 0.6 is 11.8 Å². The van der Waals surface area contributed by atoms with Gasteiger partial charge in [0.25, 0.3) is 0 Å². The lowest BCUT2D eigenvalue weighted by molar-refractivity contribution is 0.380. The standard InChI is InChI=1S/C8H11N3OS/c1-3-9-8(13-5-1)10-6-7-2-4-11-12-7/h2,4H,1,3,5-6H2,(H,9,10). The monoisotopic (exact) mass is 197 g/mol. The Morgan fingerprint density at radius 1 is 1.62 bits per heavy atom. The minimum Gasteiger partial charge on any atom is -0.360 e. The van der Waals surface area contributed by atoms with Crippen LogP contribution in [-0.2, 0) is 6.54 Å². The number of nitrogens with one attached hydrogen (secondary N) is 1. The molecule has 0 amide bonds. The molecule has 0 saturated carbocycles. The number of aromatic nitrogens is 1. The van der Waals surface area contributed by atoms with E-state index in [1.807, 2.05) is 6.07 Å². The number of amidine groups is 1. The molecule has 2 heterocycles. The number of nitrogens with zero attached hydrogens (tertiary/aromatic N) is 2. The van der Waals surface area contributed by atoms with Gasteiger partial charge in [-0.25, -0.2) is 0 Å². The van der Waals surface area contributed by atoms with Crippen LogP contribution in [0.2, 0.25) is 0 Å². The maximum Gasteiger partial charge on any atom is 0.156 e. The maximum atomic E-state index is 4.95. The quantitative estimate of drug-likeness (QED) is 0.775. The molecule has 13 heavy (non-hydrogen) atoms. The minimum absolute atomic E-state index is 0.672. The molecule has 2 rings (SSSR count). The van der Waals surface area contributed by atoms with Crippen LogP contribution in [0.5, 0.6) is 0 Å². The molecule has 0 aliphatic carbocycles. The summed E-state index contributed by atoms with van der Waals surface area (Å²) in [7, 11) is 0. The summed E-state index contributed by atoms with van der Waals surface area (Å²) in [6, 6.07) is 1.85. The van der Waals surface area contributed by atoms with Gasteiger partial charge in [-0.2, -0.15) is 0 Å².